The number of anilines is 1. The maximum Gasteiger partial charge on any atom is 0.389 e. The number of hydrogen-bond donors (Lipinski definition) is 1. The molecule has 11 heteroatoms. The molecule has 2 aromatic heterocycles. The number of carbonyl (C=O) groups is 1. The van der Waals surface area contributed by atoms with E-state index in [1.165, 1.54) is 16.9 Å². The molecular weight excluding hydrogens is 332 g/mol. The number of aromatic nitrogens is 4. The van der Waals surface area contributed by atoms with Crippen LogP contribution in [0.25, 0.3) is 11.0 Å². The molecule has 0 aliphatic rings. The zero-order valence-corrected chi connectivity index (χ0v) is 12.3. The molecule has 0 aliphatic heterocycles. The van der Waals surface area contributed by atoms with Crippen LogP contribution >= 0.6 is 23.3 Å². The molecule has 3 aromatic rings. The Morgan fingerprint density at radius 3 is 2.95 bits per heavy atom. The highest BCUT2D eigenvalue weighted by atomic mass is 35.5. The van der Waals surface area contributed by atoms with Crippen molar-refractivity contribution in [3.8, 4) is 0 Å². The SMILES string of the molecule is O=C(Cn1ccc([N+](=O)[O-])n1)Nc1c(Cl)ccc2nsnc12. The highest BCUT2D eigenvalue weighted by Crippen LogP contribution is 2.29. The van der Waals surface area contributed by atoms with E-state index in [9.17, 15) is 14.9 Å². The van der Waals surface area contributed by atoms with Gasteiger partial charge in [0.2, 0.25) is 5.91 Å². The van der Waals surface area contributed by atoms with Gasteiger partial charge in [-0.1, -0.05) is 11.6 Å². The number of nitrogens with one attached hydrogen (secondary N) is 1. The second-order valence-corrected chi connectivity index (χ2v) is 5.17. The van der Waals surface area contributed by atoms with Gasteiger partial charge in [-0.15, -0.1) is 0 Å². The van der Waals surface area contributed by atoms with Crippen molar-refractivity contribution in [1.82, 2.24) is 18.5 Å². The van der Waals surface area contributed by atoms with E-state index >= 15 is 0 Å². The lowest BCUT2D eigenvalue weighted by Crippen LogP contribution is -2.19. The molecular formula is C11H7ClN6O3S. The van der Waals surface area contributed by atoms with Crippen LogP contribution in [0.5, 0.6) is 0 Å². The number of halogens is 1. The fourth-order valence-electron chi connectivity index (χ4n) is 1.81. The van der Waals surface area contributed by atoms with E-state index < -0.39 is 10.8 Å². The van der Waals surface area contributed by atoms with Crippen molar-refractivity contribution in [2.45, 2.75) is 6.54 Å². The minimum Gasteiger partial charge on any atom is -0.358 e. The molecule has 9 nitrogen and oxygen atoms in total. The first-order valence-corrected chi connectivity index (χ1v) is 7.04. The predicted molar refractivity (Wildman–Crippen MR) is 79.9 cm³/mol. The smallest absolute Gasteiger partial charge is 0.358 e. The van der Waals surface area contributed by atoms with Gasteiger partial charge in [-0.3, -0.25) is 4.79 Å². The molecule has 0 atom stereocenters. The van der Waals surface area contributed by atoms with Crippen molar-refractivity contribution in [1.29, 1.82) is 0 Å². The first kappa shape index (κ1) is 14.4. The lowest BCUT2D eigenvalue weighted by atomic mass is 10.2. The molecule has 22 heavy (non-hydrogen) atoms. The molecule has 0 radical (unpaired) electrons. The van der Waals surface area contributed by atoms with Gasteiger partial charge in [0, 0.05) is 0 Å². The summed E-state index contributed by atoms with van der Waals surface area (Å²) in [5, 5.41) is 17.2. The summed E-state index contributed by atoms with van der Waals surface area (Å²) in [4.78, 5) is 22.0. The minimum absolute atomic E-state index is 0.182. The average Bonchev–Trinajstić information content (AvgIpc) is 3.10. The van der Waals surface area contributed by atoms with Crippen molar-refractivity contribution < 1.29 is 9.72 Å². The number of nitrogens with zero attached hydrogens (tertiary/aromatic N) is 5. The van der Waals surface area contributed by atoms with Crippen LogP contribution < -0.4 is 5.32 Å². The van der Waals surface area contributed by atoms with Crippen LogP contribution in [0, 0.1) is 10.1 Å². The Balaban J connectivity index is 1.79. The summed E-state index contributed by atoms with van der Waals surface area (Å²) in [6.07, 6.45) is 1.35. The summed E-state index contributed by atoms with van der Waals surface area (Å²) in [6.45, 7) is -0.182. The molecule has 1 N–H and O–H groups in total. The number of amides is 1. The number of rotatable bonds is 4. The summed E-state index contributed by atoms with van der Waals surface area (Å²) in [5.41, 5.74) is 1.48. The Hall–Kier alpha value is -2.59. The maximum absolute atomic E-state index is 12.0. The first-order chi connectivity index (χ1) is 10.5. The van der Waals surface area contributed by atoms with E-state index in [-0.39, 0.29) is 12.4 Å². The maximum atomic E-state index is 12.0. The highest BCUT2D eigenvalue weighted by molar-refractivity contribution is 7.00. The molecule has 0 bridgehead atoms. The molecule has 0 saturated heterocycles. The molecule has 1 amide bonds. The van der Waals surface area contributed by atoms with Crippen molar-refractivity contribution in [3.05, 3.63) is 39.5 Å². The van der Waals surface area contributed by atoms with Gasteiger partial charge in [0.25, 0.3) is 0 Å². The second-order valence-electron chi connectivity index (χ2n) is 4.23. The fourth-order valence-corrected chi connectivity index (χ4v) is 2.55. The van der Waals surface area contributed by atoms with Gasteiger partial charge in [0.05, 0.1) is 39.8 Å². The molecule has 2 heterocycles. The van der Waals surface area contributed by atoms with Crippen molar-refractivity contribution in [2.75, 3.05) is 5.32 Å². The largest absolute Gasteiger partial charge is 0.389 e. The van der Waals surface area contributed by atoms with Gasteiger partial charge in [0.15, 0.2) is 0 Å². The van der Waals surface area contributed by atoms with E-state index in [0.717, 1.165) is 11.7 Å². The van der Waals surface area contributed by atoms with E-state index in [1.54, 1.807) is 12.1 Å². The number of carbonyl (C=O) groups excluding carboxylic acids is 1. The molecule has 0 aliphatic carbocycles. The van der Waals surface area contributed by atoms with Gasteiger partial charge in [-0.25, -0.2) is 0 Å². The standard InChI is InChI=1S/C11H7ClN6O3S/c12-6-1-2-7-11(16-22-15-7)10(6)13-9(19)5-17-4-3-8(14-17)18(20)21/h1-4H,5H2,(H,13,19). The van der Waals surface area contributed by atoms with Gasteiger partial charge < -0.3 is 15.4 Å². The van der Waals surface area contributed by atoms with Gasteiger partial charge >= 0.3 is 5.82 Å². The van der Waals surface area contributed by atoms with Gasteiger partial charge in [-0.2, -0.15) is 13.4 Å². The third-order valence-corrected chi connectivity index (χ3v) is 3.62. The minimum atomic E-state index is -0.632. The summed E-state index contributed by atoms with van der Waals surface area (Å²) in [6, 6.07) is 4.53. The number of hydrogen-bond acceptors (Lipinski definition) is 7. The van der Waals surface area contributed by atoms with E-state index in [0.29, 0.717) is 21.7 Å². The summed E-state index contributed by atoms with van der Waals surface area (Å²) < 4.78 is 9.32. The van der Waals surface area contributed by atoms with Crippen molar-refractivity contribution in [2.24, 2.45) is 0 Å². The molecule has 112 valence electrons. The summed E-state index contributed by atoms with van der Waals surface area (Å²) in [5.74, 6) is -0.753. The Labute approximate surface area is 132 Å². The Morgan fingerprint density at radius 2 is 2.23 bits per heavy atom. The molecule has 0 spiro atoms. The fraction of sp³-hybridized carbons (Fsp3) is 0.0909. The lowest BCUT2D eigenvalue weighted by Gasteiger charge is -2.06. The predicted octanol–water partition coefficient (Wildman–Crippen LogP) is 2.09. The molecule has 0 fully saturated rings. The zero-order chi connectivity index (χ0) is 15.7. The van der Waals surface area contributed by atoms with Crippen LogP contribution in [0.2, 0.25) is 5.02 Å². The topological polar surface area (TPSA) is 116 Å². The summed E-state index contributed by atoms with van der Waals surface area (Å²) in [7, 11) is 0. The van der Waals surface area contributed by atoms with Crippen molar-refractivity contribution in [3.63, 3.8) is 0 Å². The normalized spacial score (nSPS) is 10.8. The molecule has 1 aromatic carbocycles. The Bertz CT molecular complexity index is 876. The van der Waals surface area contributed by atoms with Crippen LogP contribution in [-0.4, -0.2) is 29.4 Å². The van der Waals surface area contributed by atoms with Crippen LogP contribution in [0.15, 0.2) is 24.4 Å². The second kappa shape index (κ2) is 5.66. The average molecular weight is 339 g/mol. The van der Waals surface area contributed by atoms with Gasteiger partial charge in [0.1, 0.15) is 17.6 Å². The monoisotopic (exact) mass is 338 g/mol. The quantitative estimate of drug-likeness (QED) is 0.575. The van der Waals surface area contributed by atoms with Gasteiger partial charge in [-0.05, 0) is 17.1 Å². The lowest BCUT2D eigenvalue weighted by molar-refractivity contribution is -0.389. The van der Waals surface area contributed by atoms with E-state index in [2.05, 4.69) is 19.2 Å². The Kier molecular flexibility index (Phi) is 3.69. The summed E-state index contributed by atoms with van der Waals surface area (Å²) >= 11 is 7.07. The molecule has 0 saturated carbocycles. The van der Waals surface area contributed by atoms with E-state index in [4.69, 9.17) is 11.6 Å². The third-order valence-electron chi connectivity index (χ3n) is 2.76. The van der Waals surface area contributed by atoms with Crippen LogP contribution in [0.1, 0.15) is 0 Å². The Morgan fingerprint density at radius 1 is 1.41 bits per heavy atom. The highest BCUT2D eigenvalue weighted by Gasteiger charge is 2.16. The van der Waals surface area contributed by atoms with Crippen molar-refractivity contribution >= 4 is 51.8 Å². The van der Waals surface area contributed by atoms with Crippen LogP contribution in [0.3, 0.4) is 0 Å². The van der Waals surface area contributed by atoms with Crippen LogP contribution in [0.4, 0.5) is 11.5 Å². The van der Waals surface area contributed by atoms with Crippen LogP contribution in [-0.2, 0) is 11.3 Å². The first-order valence-electron chi connectivity index (χ1n) is 5.93. The van der Waals surface area contributed by atoms with E-state index in [1.807, 2.05) is 0 Å². The zero-order valence-electron chi connectivity index (χ0n) is 10.8. The molecule has 0 unspecified atom stereocenters. The third kappa shape index (κ3) is 2.73. The number of benzene rings is 1. The number of fused-ring (bicyclic) bond motifs is 1. The number of nitro groups is 1. The molecule has 3 rings (SSSR count).